The van der Waals surface area contributed by atoms with E-state index in [1.54, 1.807) is 18.2 Å². The molecule has 5 heteroatoms. The van der Waals surface area contributed by atoms with E-state index in [9.17, 15) is 4.79 Å². The molecule has 2 aromatic rings. The molecule has 0 unspecified atom stereocenters. The molecule has 0 saturated heterocycles. The molecule has 4 rings (SSSR count). The highest BCUT2D eigenvalue weighted by molar-refractivity contribution is 6.30. The lowest BCUT2D eigenvalue weighted by Gasteiger charge is -2.17. The second-order valence-corrected chi connectivity index (χ2v) is 6.48. The largest absolute Gasteiger partial charge is 0.454 e. The Morgan fingerprint density at radius 2 is 1.96 bits per heavy atom. The second-order valence-electron chi connectivity index (χ2n) is 6.04. The Morgan fingerprint density at radius 3 is 2.74 bits per heavy atom. The fourth-order valence-corrected chi connectivity index (χ4v) is 3.12. The summed E-state index contributed by atoms with van der Waals surface area (Å²) in [6.07, 6.45) is 2.13. The van der Waals surface area contributed by atoms with Gasteiger partial charge in [0.05, 0.1) is 0 Å². The molecule has 1 amide bonds. The van der Waals surface area contributed by atoms with Gasteiger partial charge >= 0.3 is 0 Å². The van der Waals surface area contributed by atoms with Crippen LogP contribution in [0.5, 0.6) is 11.5 Å². The molecule has 1 aliphatic carbocycles. The second kappa shape index (κ2) is 5.46. The van der Waals surface area contributed by atoms with E-state index < -0.39 is 0 Å². The van der Waals surface area contributed by atoms with Crippen molar-refractivity contribution >= 4 is 17.5 Å². The van der Waals surface area contributed by atoms with Crippen molar-refractivity contribution in [3.05, 3.63) is 58.6 Å². The van der Waals surface area contributed by atoms with Gasteiger partial charge in [-0.3, -0.25) is 4.79 Å². The number of ether oxygens (including phenoxy) is 2. The van der Waals surface area contributed by atoms with Crippen LogP contribution in [0.4, 0.5) is 0 Å². The first-order valence-corrected chi connectivity index (χ1v) is 7.98. The summed E-state index contributed by atoms with van der Waals surface area (Å²) < 4.78 is 10.6. The van der Waals surface area contributed by atoms with Crippen LogP contribution in [0.1, 0.15) is 28.8 Å². The number of nitrogens with one attached hydrogen (secondary N) is 1. The molecule has 0 spiro atoms. The van der Waals surface area contributed by atoms with E-state index in [1.165, 1.54) is 5.56 Å². The van der Waals surface area contributed by atoms with Crippen LogP contribution in [0.2, 0.25) is 5.02 Å². The molecule has 1 aliphatic heterocycles. The lowest BCUT2D eigenvalue weighted by Crippen LogP contribution is -2.32. The summed E-state index contributed by atoms with van der Waals surface area (Å²) in [7, 11) is 0. The van der Waals surface area contributed by atoms with E-state index in [0.717, 1.165) is 17.9 Å². The number of hydrogen-bond donors (Lipinski definition) is 1. The Labute approximate surface area is 139 Å². The van der Waals surface area contributed by atoms with Gasteiger partial charge in [0.2, 0.25) is 6.79 Å². The number of amides is 1. The lowest BCUT2D eigenvalue weighted by molar-refractivity contribution is 0.0949. The van der Waals surface area contributed by atoms with Gasteiger partial charge in [-0.1, -0.05) is 23.7 Å². The van der Waals surface area contributed by atoms with Crippen LogP contribution in [0.25, 0.3) is 0 Å². The number of carbonyl (C=O) groups excluding carboxylic acids is 1. The van der Waals surface area contributed by atoms with Crippen LogP contribution in [-0.2, 0) is 5.41 Å². The summed E-state index contributed by atoms with van der Waals surface area (Å²) in [5.74, 6) is 1.20. The van der Waals surface area contributed by atoms with Crippen LogP contribution in [-0.4, -0.2) is 19.2 Å². The third-order valence-corrected chi connectivity index (χ3v) is 4.75. The maximum absolute atomic E-state index is 12.4. The molecule has 23 heavy (non-hydrogen) atoms. The molecule has 1 fully saturated rings. The quantitative estimate of drug-likeness (QED) is 0.933. The van der Waals surface area contributed by atoms with Crippen LogP contribution < -0.4 is 14.8 Å². The molecule has 0 radical (unpaired) electrons. The molecule has 4 nitrogen and oxygen atoms in total. The summed E-state index contributed by atoms with van der Waals surface area (Å²) in [5, 5.41) is 3.76. The molecule has 0 bridgehead atoms. The van der Waals surface area contributed by atoms with Crippen LogP contribution in [0.3, 0.4) is 0 Å². The topological polar surface area (TPSA) is 47.6 Å². The summed E-state index contributed by atoms with van der Waals surface area (Å²) in [6, 6.07) is 13.1. The number of carbonyl (C=O) groups is 1. The van der Waals surface area contributed by atoms with Gasteiger partial charge < -0.3 is 14.8 Å². The van der Waals surface area contributed by atoms with Crippen molar-refractivity contribution in [2.45, 2.75) is 18.3 Å². The molecule has 1 heterocycles. The minimum atomic E-state index is -0.100. The van der Waals surface area contributed by atoms with Crippen molar-refractivity contribution in [3.63, 3.8) is 0 Å². The molecular formula is C18H16ClNO3. The zero-order valence-corrected chi connectivity index (χ0v) is 13.2. The Hall–Kier alpha value is -2.20. The number of hydrogen-bond acceptors (Lipinski definition) is 3. The number of rotatable bonds is 4. The predicted octanol–water partition coefficient (Wildman–Crippen LogP) is 3.53. The minimum absolute atomic E-state index is 0.0247. The molecule has 1 saturated carbocycles. The molecule has 0 aromatic heterocycles. The monoisotopic (exact) mass is 329 g/mol. The lowest BCUT2D eigenvalue weighted by atomic mass is 9.96. The fraction of sp³-hybridized carbons (Fsp3) is 0.278. The van der Waals surface area contributed by atoms with Crippen molar-refractivity contribution in [2.24, 2.45) is 0 Å². The van der Waals surface area contributed by atoms with Crippen molar-refractivity contribution in [2.75, 3.05) is 13.3 Å². The molecule has 1 N–H and O–H groups in total. The third kappa shape index (κ3) is 2.75. The van der Waals surface area contributed by atoms with Gasteiger partial charge in [0.15, 0.2) is 11.5 Å². The number of benzene rings is 2. The number of halogens is 1. The van der Waals surface area contributed by atoms with E-state index in [0.29, 0.717) is 23.6 Å². The van der Waals surface area contributed by atoms with E-state index in [4.69, 9.17) is 21.1 Å². The Balaban J connectivity index is 1.46. The Morgan fingerprint density at radius 1 is 1.13 bits per heavy atom. The van der Waals surface area contributed by atoms with Gasteiger partial charge in [0.25, 0.3) is 5.91 Å². The average Bonchev–Trinajstić information content (AvgIpc) is 3.21. The zero-order valence-electron chi connectivity index (χ0n) is 12.5. The van der Waals surface area contributed by atoms with E-state index in [2.05, 4.69) is 11.4 Å². The van der Waals surface area contributed by atoms with Gasteiger partial charge in [-0.25, -0.2) is 0 Å². The summed E-state index contributed by atoms with van der Waals surface area (Å²) in [4.78, 5) is 12.4. The van der Waals surface area contributed by atoms with Crippen molar-refractivity contribution in [3.8, 4) is 11.5 Å². The predicted molar refractivity (Wildman–Crippen MR) is 87.3 cm³/mol. The van der Waals surface area contributed by atoms with Crippen LogP contribution in [0.15, 0.2) is 42.5 Å². The highest BCUT2D eigenvalue weighted by Gasteiger charge is 2.44. The summed E-state index contributed by atoms with van der Waals surface area (Å²) >= 11 is 6.08. The third-order valence-electron chi connectivity index (χ3n) is 4.51. The maximum atomic E-state index is 12.4. The normalized spacial score (nSPS) is 16.9. The zero-order chi connectivity index (χ0) is 15.9. The first kappa shape index (κ1) is 14.4. The molecule has 2 aromatic carbocycles. The Kier molecular flexibility index (Phi) is 3.42. The SMILES string of the molecule is O=C(NCC1(c2cccc(Cl)c2)CC1)c1ccc2c(c1)OCO2. The van der Waals surface area contributed by atoms with Crippen LogP contribution >= 0.6 is 11.6 Å². The number of fused-ring (bicyclic) bond motifs is 1. The highest BCUT2D eigenvalue weighted by Crippen LogP contribution is 2.48. The van der Waals surface area contributed by atoms with Crippen molar-refractivity contribution in [1.29, 1.82) is 0 Å². The molecule has 0 atom stereocenters. The van der Waals surface area contributed by atoms with Gasteiger partial charge in [-0.2, -0.15) is 0 Å². The van der Waals surface area contributed by atoms with Crippen molar-refractivity contribution in [1.82, 2.24) is 5.32 Å². The van der Waals surface area contributed by atoms with Gasteiger partial charge in [-0.05, 0) is 48.7 Å². The first-order valence-electron chi connectivity index (χ1n) is 7.60. The summed E-state index contributed by atoms with van der Waals surface area (Å²) in [5.41, 5.74) is 1.80. The van der Waals surface area contributed by atoms with Gasteiger partial charge in [0.1, 0.15) is 0 Å². The average molecular weight is 330 g/mol. The van der Waals surface area contributed by atoms with E-state index >= 15 is 0 Å². The smallest absolute Gasteiger partial charge is 0.251 e. The fourth-order valence-electron chi connectivity index (χ4n) is 2.93. The molecule has 118 valence electrons. The van der Waals surface area contributed by atoms with Crippen LogP contribution in [0, 0.1) is 0 Å². The molecule has 2 aliphatic rings. The standard InChI is InChI=1S/C18H16ClNO3/c19-14-3-1-2-13(9-14)18(6-7-18)10-20-17(21)12-4-5-15-16(8-12)23-11-22-15/h1-5,8-9H,6-7,10-11H2,(H,20,21). The van der Waals surface area contributed by atoms with Gasteiger partial charge in [-0.15, -0.1) is 0 Å². The minimum Gasteiger partial charge on any atom is -0.454 e. The first-order chi connectivity index (χ1) is 11.2. The molecular weight excluding hydrogens is 314 g/mol. The highest BCUT2D eigenvalue weighted by atomic mass is 35.5. The maximum Gasteiger partial charge on any atom is 0.251 e. The Bertz CT molecular complexity index is 771. The van der Waals surface area contributed by atoms with Crippen molar-refractivity contribution < 1.29 is 14.3 Å². The van der Waals surface area contributed by atoms with Gasteiger partial charge in [0, 0.05) is 22.5 Å². The van der Waals surface area contributed by atoms with E-state index in [-0.39, 0.29) is 18.1 Å². The van der Waals surface area contributed by atoms with E-state index in [1.807, 2.05) is 18.2 Å². The summed E-state index contributed by atoms with van der Waals surface area (Å²) in [6.45, 7) is 0.818.